The minimum Gasteiger partial charge on any atom is -0.510 e. The van der Waals surface area contributed by atoms with Crippen molar-refractivity contribution in [2.75, 3.05) is 32.8 Å². The Hall–Kier alpha value is -4.25. The number of carbonyl (C=O) groups excluding carboxylic acids is 3. The Morgan fingerprint density at radius 1 is 1.00 bits per heavy atom. The van der Waals surface area contributed by atoms with Gasteiger partial charge in [0.15, 0.2) is 5.70 Å². The minimum atomic E-state index is -0.772. The molecule has 11 nitrogen and oxygen atoms in total. The zero-order valence-electron chi connectivity index (χ0n) is 18.2. The fraction of sp³-hybridized carbons (Fsp3) is 0.227. The molecule has 1 amide bonds. The second-order valence-electron chi connectivity index (χ2n) is 6.40. The van der Waals surface area contributed by atoms with Gasteiger partial charge >= 0.3 is 11.9 Å². The average Bonchev–Trinajstić information content (AvgIpc) is 2.82. The number of esters is 2. The predicted octanol–water partition coefficient (Wildman–Crippen LogP) is 3.14. The van der Waals surface area contributed by atoms with E-state index in [4.69, 9.17) is 14.6 Å². The molecular weight excluding hydrogens is 434 g/mol. The summed E-state index contributed by atoms with van der Waals surface area (Å²) >= 11 is 0. The summed E-state index contributed by atoms with van der Waals surface area (Å²) in [4.78, 5) is 36.5. The molecule has 0 saturated carbocycles. The number of nitrogens with one attached hydrogen (secondary N) is 1. The number of allylic oxidation sites excluding steroid dienone is 1. The van der Waals surface area contributed by atoms with E-state index in [1.54, 1.807) is 24.3 Å². The summed E-state index contributed by atoms with van der Waals surface area (Å²) < 4.78 is 14.6. The number of rotatable bonds is 9. The first-order valence-corrected chi connectivity index (χ1v) is 9.58. The van der Waals surface area contributed by atoms with Crippen LogP contribution in [0, 0.1) is 0 Å². The Morgan fingerprint density at radius 2 is 1.67 bits per heavy atom. The molecule has 3 N–H and O–H groups in total. The highest BCUT2D eigenvalue weighted by Crippen LogP contribution is 2.25. The maximum atomic E-state index is 12.6. The average molecular weight is 457 g/mol. The number of azo groups is 1. The third kappa shape index (κ3) is 6.87. The molecule has 0 aliphatic carbocycles. The summed E-state index contributed by atoms with van der Waals surface area (Å²) in [7, 11) is 2.37. The molecule has 2 aromatic rings. The molecule has 2 aromatic carbocycles. The van der Waals surface area contributed by atoms with Crippen LogP contribution in [0.4, 0.5) is 11.4 Å². The van der Waals surface area contributed by atoms with Crippen LogP contribution in [0.2, 0.25) is 0 Å². The Kier molecular flexibility index (Phi) is 9.06. The number of hydrogen-bond acceptors (Lipinski definition) is 10. The number of ether oxygens (including phenoxy) is 3. The summed E-state index contributed by atoms with van der Waals surface area (Å²) in [5.41, 5.74) is -0.0224. The van der Waals surface area contributed by atoms with Crippen LogP contribution in [0.1, 0.15) is 27.6 Å². The number of amides is 1. The molecule has 174 valence electrons. The third-order valence-corrected chi connectivity index (χ3v) is 4.11. The lowest BCUT2D eigenvalue weighted by Gasteiger charge is -2.08. The van der Waals surface area contributed by atoms with Gasteiger partial charge < -0.3 is 29.7 Å². The van der Waals surface area contributed by atoms with Crippen molar-refractivity contribution < 1.29 is 38.8 Å². The lowest BCUT2D eigenvalue weighted by Crippen LogP contribution is -2.14. The highest BCUT2D eigenvalue weighted by atomic mass is 16.5. The van der Waals surface area contributed by atoms with E-state index in [9.17, 15) is 19.5 Å². The fourth-order valence-corrected chi connectivity index (χ4v) is 2.52. The predicted molar refractivity (Wildman–Crippen MR) is 117 cm³/mol. The molecule has 0 radical (unpaired) electrons. The molecule has 0 fully saturated rings. The number of nitrogens with zero attached hydrogens (tertiary/aromatic N) is 2. The van der Waals surface area contributed by atoms with E-state index in [0.717, 1.165) is 0 Å². The van der Waals surface area contributed by atoms with Crippen molar-refractivity contribution in [2.45, 2.75) is 6.92 Å². The molecule has 0 bridgehead atoms. The van der Waals surface area contributed by atoms with E-state index in [2.05, 4.69) is 20.3 Å². The van der Waals surface area contributed by atoms with Gasteiger partial charge in [-0.05, 0) is 49.4 Å². The smallest absolute Gasteiger partial charge is 0.340 e. The normalized spacial score (nSPS) is 11.5. The van der Waals surface area contributed by atoms with Crippen LogP contribution in [-0.4, -0.2) is 55.5 Å². The number of aliphatic hydroxyl groups is 2. The van der Waals surface area contributed by atoms with Crippen molar-refractivity contribution in [2.24, 2.45) is 10.2 Å². The van der Waals surface area contributed by atoms with Gasteiger partial charge in [0.2, 0.25) is 0 Å². The van der Waals surface area contributed by atoms with Gasteiger partial charge in [-0.1, -0.05) is 0 Å². The van der Waals surface area contributed by atoms with Crippen LogP contribution in [0.5, 0.6) is 5.75 Å². The number of methoxy groups -OCH3 is 2. The van der Waals surface area contributed by atoms with Gasteiger partial charge in [-0.15, -0.1) is 10.2 Å². The van der Waals surface area contributed by atoms with Crippen LogP contribution in [0.15, 0.2) is 64.1 Å². The van der Waals surface area contributed by atoms with Crippen LogP contribution < -0.4 is 10.1 Å². The van der Waals surface area contributed by atoms with Gasteiger partial charge in [-0.2, -0.15) is 0 Å². The first kappa shape index (κ1) is 25.0. The number of anilines is 1. The largest absolute Gasteiger partial charge is 0.510 e. The molecule has 0 spiro atoms. The van der Waals surface area contributed by atoms with Crippen molar-refractivity contribution in [1.29, 1.82) is 0 Å². The van der Waals surface area contributed by atoms with E-state index in [1.165, 1.54) is 39.3 Å². The van der Waals surface area contributed by atoms with Crippen LogP contribution in [0.25, 0.3) is 0 Å². The molecule has 0 aromatic heterocycles. The van der Waals surface area contributed by atoms with Crippen molar-refractivity contribution >= 4 is 29.2 Å². The molecule has 0 aliphatic heterocycles. The van der Waals surface area contributed by atoms with Crippen molar-refractivity contribution in [3.05, 3.63) is 65.0 Å². The first-order valence-electron chi connectivity index (χ1n) is 9.58. The maximum Gasteiger partial charge on any atom is 0.340 e. The van der Waals surface area contributed by atoms with Crippen LogP contribution in [0.3, 0.4) is 0 Å². The zero-order chi connectivity index (χ0) is 24.4. The topological polar surface area (TPSA) is 156 Å². The van der Waals surface area contributed by atoms with Crippen LogP contribution in [-0.2, 0) is 14.3 Å². The van der Waals surface area contributed by atoms with E-state index < -0.39 is 29.3 Å². The van der Waals surface area contributed by atoms with E-state index in [-0.39, 0.29) is 30.0 Å². The van der Waals surface area contributed by atoms with Gasteiger partial charge in [0.25, 0.3) is 5.91 Å². The molecule has 0 atom stereocenters. The summed E-state index contributed by atoms with van der Waals surface area (Å²) in [6, 6.07) is 10.2. The Labute approximate surface area is 189 Å². The summed E-state index contributed by atoms with van der Waals surface area (Å²) in [5.74, 6) is -2.10. The number of hydrogen-bond donors (Lipinski definition) is 3. The van der Waals surface area contributed by atoms with Gasteiger partial charge in [0.05, 0.1) is 32.0 Å². The van der Waals surface area contributed by atoms with E-state index >= 15 is 0 Å². The molecule has 0 aliphatic rings. The monoisotopic (exact) mass is 457 g/mol. The molecule has 0 unspecified atom stereocenters. The van der Waals surface area contributed by atoms with Gasteiger partial charge in [-0.25, -0.2) is 9.59 Å². The summed E-state index contributed by atoms with van der Waals surface area (Å²) in [5, 5.41) is 28.9. The van der Waals surface area contributed by atoms with Crippen LogP contribution >= 0.6 is 0 Å². The highest BCUT2D eigenvalue weighted by Gasteiger charge is 2.18. The fourth-order valence-electron chi connectivity index (χ4n) is 2.52. The number of carbonyl (C=O) groups is 3. The second kappa shape index (κ2) is 12.0. The number of aliphatic hydroxyl groups excluding tert-OH is 2. The van der Waals surface area contributed by atoms with Crippen molar-refractivity contribution in [3.8, 4) is 5.75 Å². The van der Waals surface area contributed by atoms with Crippen molar-refractivity contribution in [3.63, 3.8) is 0 Å². The SMILES string of the molecule is COC(=O)c1ccc(C(=O)OC)c(N=N/C(C(=O)Nc2ccc(OCCO)cc2)=C(\C)O)c1. The van der Waals surface area contributed by atoms with Gasteiger partial charge in [0, 0.05) is 5.69 Å². The molecule has 2 rings (SSSR count). The van der Waals surface area contributed by atoms with E-state index in [1.807, 2.05) is 0 Å². The zero-order valence-corrected chi connectivity index (χ0v) is 18.2. The second-order valence-corrected chi connectivity index (χ2v) is 6.40. The van der Waals surface area contributed by atoms with Gasteiger partial charge in [-0.3, -0.25) is 4.79 Å². The van der Waals surface area contributed by atoms with Gasteiger partial charge in [0.1, 0.15) is 23.8 Å². The Morgan fingerprint density at radius 3 is 2.24 bits per heavy atom. The molecule has 0 saturated heterocycles. The summed E-state index contributed by atoms with van der Waals surface area (Å²) in [6.07, 6.45) is 0. The summed E-state index contributed by atoms with van der Waals surface area (Å²) in [6.45, 7) is 1.24. The molecule has 0 heterocycles. The van der Waals surface area contributed by atoms with Crippen molar-refractivity contribution in [1.82, 2.24) is 0 Å². The quantitative estimate of drug-likeness (QED) is 0.224. The number of benzene rings is 2. The van der Waals surface area contributed by atoms with E-state index in [0.29, 0.717) is 11.4 Å². The standard InChI is InChI=1S/C22H23N3O8/c1-13(27)19(20(28)23-15-5-7-16(8-6-15)33-11-10-26)25-24-18-12-14(21(29)31-2)4-9-17(18)22(30)32-3/h4-9,12,26-27H,10-11H2,1-3H3,(H,23,28)/b19-13+,25-24?. The lowest BCUT2D eigenvalue weighted by molar-refractivity contribution is -0.113. The minimum absolute atomic E-state index is 0.0114. The lowest BCUT2D eigenvalue weighted by atomic mass is 10.1. The molecular formula is C22H23N3O8. The highest BCUT2D eigenvalue weighted by molar-refractivity contribution is 6.03. The molecule has 11 heteroatoms. The molecule has 33 heavy (non-hydrogen) atoms. The maximum absolute atomic E-state index is 12.6. The first-order chi connectivity index (χ1) is 15.8. The Bertz CT molecular complexity index is 1070. The third-order valence-electron chi connectivity index (χ3n) is 4.11. The Balaban J connectivity index is 2.29.